The maximum atomic E-state index is 14.3. The summed E-state index contributed by atoms with van der Waals surface area (Å²) in [7, 11) is 3.17. The number of aryl methyl sites for hydroxylation is 1. The van der Waals surface area contributed by atoms with Crippen LogP contribution >= 0.6 is 0 Å². The Balaban J connectivity index is 1.85. The lowest BCUT2D eigenvalue weighted by atomic mass is 9.89. The summed E-state index contributed by atoms with van der Waals surface area (Å²) < 4.78 is 50.1. The van der Waals surface area contributed by atoms with Crippen molar-refractivity contribution in [2.45, 2.75) is 11.8 Å². The van der Waals surface area contributed by atoms with E-state index in [1.165, 1.54) is 41.0 Å². The van der Waals surface area contributed by atoms with Gasteiger partial charge in [-0.1, -0.05) is 24.3 Å². The van der Waals surface area contributed by atoms with E-state index in [9.17, 15) is 23.1 Å². The molecule has 0 spiro atoms. The molecule has 0 saturated heterocycles. The van der Waals surface area contributed by atoms with E-state index in [0.29, 0.717) is 11.1 Å². The van der Waals surface area contributed by atoms with Crippen molar-refractivity contribution in [1.82, 2.24) is 14.7 Å². The van der Waals surface area contributed by atoms with Crippen molar-refractivity contribution in [1.29, 1.82) is 0 Å². The van der Waals surface area contributed by atoms with E-state index in [1.54, 1.807) is 31.4 Å². The van der Waals surface area contributed by atoms with Gasteiger partial charge in [-0.3, -0.25) is 9.48 Å². The molecule has 0 fully saturated rings. The molecule has 2 aromatic carbocycles. The van der Waals surface area contributed by atoms with Gasteiger partial charge in [0.05, 0.1) is 12.7 Å². The number of fused-ring (bicyclic) bond motifs is 3. The predicted octanol–water partition coefficient (Wildman–Crippen LogP) is 2.70. The Labute approximate surface area is 187 Å². The second-order valence-corrected chi connectivity index (χ2v) is 7.87. The molecular formula is C23H22F3N3O4. The fraction of sp³-hybridized carbons (Fsp3) is 0.304. The van der Waals surface area contributed by atoms with E-state index in [4.69, 9.17) is 9.84 Å². The first-order chi connectivity index (χ1) is 15.6. The van der Waals surface area contributed by atoms with Crippen molar-refractivity contribution in [2.24, 2.45) is 7.05 Å². The number of carbonyl (C=O) groups excluding carboxylic acids is 1. The van der Waals surface area contributed by atoms with Gasteiger partial charge in [-0.2, -0.15) is 18.3 Å². The molecule has 0 aliphatic heterocycles. The van der Waals surface area contributed by atoms with Crippen LogP contribution in [0, 0.1) is 0 Å². The van der Waals surface area contributed by atoms with Gasteiger partial charge in [0, 0.05) is 37.0 Å². The van der Waals surface area contributed by atoms with Gasteiger partial charge in [0.2, 0.25) is 11.5 Å². The SMILES string of the molecule is CN(CCOc1cc(-c2cnn(C)c2)c2c(c1)C(O)(C(F)(F)F)c1ccccc1-2)C(=O)CO. The molecule has 1 aliphatic carbocycles. The second kappa shape index (κ2) is 8.20. The number of alkyl halides is 3. The number of amides is 1. The fourth-order valence-corrected chi connectivity index (χ4v) is 4.08. The number of carbonyl (C=O) groups is 1. The maximum absolute atomic E-state index is 14.3. The molecule has 1 amide bonds. The number of halogens is 3. The van der Waals surface area contributed by atoms with Crippen molar-refractivity contribution >= 4 is 5.91 Å². The van der Waals surface area contributed by atoms with E-state index in [0.717, 1.165) is 0 Å². The molecule has 1 unspecified atom stereocenters. The normalized spacial score (nSPS) is 16.9. The number of ether oxygens (including phenoxy) is 1. The largest absolute Gasteiger partial charge is 0.492 e. The van der Waals surface area contributed by atoms with Crippen molar-refractivity contribution in [2.75, 3.05) is 26.8 Å². The molecule has 1 atom stereocenters. The third-order valence-electron chi connectivity index (χ3n) is 5.77. The zero-order chi connectivity index (χ0) is 24.0. The molecule has 33 heavy (non-hydrogen) atoms. The van der Waals surface area contributed by atoms with Crippen LogP contribution in [0.4, 0.5) is 13.2 Å². The molecule has 0 bridgehead atoms. The van der Waals surface area contributed by atoms with Crippen LogP contribution < -0.4 is 4.74 Å². The number of nitrogens with zero attached hydrogens (tertiary/aromatic N) is 3. The molecule has 174 valence electrons. The molecule has 1 aliphatic rings. The van der Waals surface area contributed by atoms with Gasteiger partial charge in [-0.25, -0.2) is 0 Å². The minimum Gasteiger partial charge on any atom is -0.492 e. The minimum absolute atomic E-state index is 0.0229. The van der Waals surface area contributed by atoms with Crippen LogP contribution in [0.5, 0.6) is 5.75 Å². The Morgan fingerprint density at radius 1 is 1.21 bits per heavy atom. The number of aliphatic hydroxyl groups is 2. The first-order valence-electron chi connectivity index (χ1n) is 10.1. The highest BCUT2D eigenvalue weighted by Crippen LogP contribution is 2.58. The Kier molecular flexibility index (Phi) is 5.67. The number of likely N-dealkylation sites (N-methyl/N-ethyl adjacent to an activating group) is 1. The molecule has 1 aromatic heterocycles. The third-order valence-corrected chi connectivity index (χ3v) is 5.77. The summed E-state index contributed by atoms with van der Waals surface area (Å²) in [6.45, 7) is -0.565. The van der Waals surface area contributed by atoms with E-state index in [-0.39, 0.29) is 41.2 Å². The highest BCUT2D eigenvalue weighted by Gasteiger charge is 2.61. The van der Waals surface area contributed by atoms with Gasteiger partial charge in [0.1, 0.15) is 19.0 Å². The lowest BCUT2D eigenvalue weighted by Gasteiger charge is -2.29. The Morgan fingerprint density at radius 3 is 2.58 bits per heavy atom. The number of aromatic nitrogens is 2. The van der Waals surface area contributed by atoms with Crippen LogP contribution in [0.2, 0.25) is 0 Å². The Hall–Kier alpha value is -3.37. The maximum Gasteiger partial charge on any atom is 0.425 e. The average molecular weight is 461 g/mol. The van der Waals surface area contributed by atoms with Gasteiger partial charge in [0.25, 0.3) is 0 Å². The molecule has 7 nitrogen and oxygen atoms in total. The molecular weight excluding hydrogens is 439 g/mol. The first-order valence-corrected chi connectivity index (χ1v) is 10.1. The summed E-state index contributed by atoms with van der Waals surface area (Å²) in [4.78, 5) is 12.8. The average Bonchev–Trinajstić information content (AvgIpc) is 3.33. The van der Waals surface area contributed by atoms with Gasteiger partial charge >= 0.3 is 6.18 Å². The molecule has 2 N–H and O–H groups in total. The summed E-state index contributed by atoms with van der Waals surface area (Å²) in [6, 6.07) is 8.69. The van der Waals surface area contributed by atoms with Crippen LogP contribution in [0.15, 0.2) is 48.8 Å². The van der Waals surface area contributed by atoms with Crippen LogP contribution in [-0.4, -0.2) is 63.8 Å². The van der Waals surface area contributed by atoms with E-state index >= 15 is 0 Å². The summed E-state index contributed by atoms with van der Waals surface area (Å²) >= 11 is 0. The van der Waals surface area contributed by atoms with Gasteiger partial charge in [-0.05, 0) is 28.8 Å². The predicted molar refractivity (Wildman–Crippen MR) is 113 cm³/mol. The third kappa shape index (κ3) is 3.75. The fourth-order valence-electron chi connectivity index (χ4n) is 4.08. The summed E-state index contributed by atoms with van der Waals surface area (Å²) in [5.74, 6) is -0.404. The minimum atomic E-state index is -4.98. The number of hydrogen-bond acceptors (Lipinski definition) is 5. The Morgan fingerprint density at radius 2 is 1.94 bits per heavy atom. The van der Waals surface area contributed by atoms with E-state index in [2.05, 4.69) is 5.10 Å². The number of benzene rings is 2. The molecule has 10 heteroatoms. The van der Waals surface area contributed by atoms with Crippen LogP contribution in [-0.2, 0) is 17.4 Å². The lowest BCUT2D eigenvalue weighted by molar-refractivity contribution is -0.246. The summed E-state index contributed by atoms with van der Waals surface area (Å²) in [6.07, 6.45) is -1.78. The summed E-state index contributed by atoms with van der Waals surface area (Å²) in [5.41, 5.74) is -2.24. The van der Waals surface area contributed by atoms with Crippen LogP contribution in [0.3, 0.4) is 0 Å². The van der Waals surface area contributed by atoms with Gasteiger partial charge in [-0.15, -0.1) is 0 Å². The molecule has 4 rings (SSSR count). The van der Waals surface area contributed by atoms with Crippen molar-refractivity contribution in [3.63, 3.8) is 0 Å². The van der Waals surface area contributed by atoms with Crippen LogP contribution in [0.25, 0.3) is 22.3 Å². The summed E-state index contributed by atoms with van der Waals surface area (Å²) in [5, 5.41) is 24.1. The highest BCUT2D eigenvalue weighted by atomic mass is 19.4. The number of rotatable bonds is 6. The molecule has 0 saturated carbocycles. The zero-order valence-electron chi connectivity index (χ0n) is 17.9. The van der Waals surface area contributed by atoms with Crippen LogP contribution in [0.1, 0.15) is 11.1 Å². The topological polar surface area (TPSA) is 87.8 Å². The van der Waals surface area contributed by atoms with Gasteiger partial charge < -0.3 is 19.8 Å². The smallest absolute Gasteiger partial charge is 0.425 e. The standard InChI is InChI=1S/C23H22F3N3O4/c1-28(20(31)13-30)7-8-33-15-9-17(14-11-27-29(2)12-14)21-16-5-3-4-6-18(16)22(32,19(21)10-15)23(24,25)26/h3-6,9-12,30,32H,7-8,13H2,1-2H3. The monoisotopic (exact) mass is 461 g/mol. The first kappa shape index (κ1) is 22.8. The quantitative estimate of drug-likeness (QED) is 0.590. The number of hydrogen-bond donors (Lipinski definition) is 2. The molecule has 0 radical (unpaired) electrons. The zero-order valence-corrected chi connectivity index (χ0v) is 17.9. The van der Waals surface area contributed by atoms with Gasteiger partial charge in [0.15, 0.2) is 0 Å². The van der Waals surface area contributed by atoms with E-state index in [1.807, 2.05) is 0 Å². The van der Waals surface area contributed by atoms with E-state index < -0.39 is 24.3 Å². The highest BCUT2D eigenvalue weighted by molar-refractivity contribution is 5.93. The van der Waals surface area contributed by atoms with Crippen molar-refractivity contribution in [3.05, 3.63) is 59.9 Å². The van der Waals surface area contributed by atoms with Crippen molar-refractivity contribution in [3.8, 4) is 28.0 Å². The molecule has 3 aromatic rings. The number of aliphatic hydroxyl groups excluding tert-OH is 1. The Bertz CT molecular complexity index is 1210. The second-order valence-electron chi connectivity index (χ2n) is 7.87. The molecule has 1 heterocycles. The van der Waals surface area contributed by atoms with Crippen molar-refractivity contribution < 1.29 is 32.9 Å². The lowest BCUT2D eigenvalue weighted by Crippen LogP contribution is -2.41.